The number of rotatable bonds is 5. The average Bonchev–Trinajstić information content (AvgIpc) is 2.61. The quantitative estimate of drug-likeness (QED) is 0.787. The monoisotopic (exact) mass is 322 g/mol. The number of aryl methyl sites for hydroxylation is 3. The molecule has 0 radical (unpaired) electrons. The van der Waals surface area contributed by atoms with Crippen LogP contribution >= 0.6 is 0 Å². The molecule has 0 unspecified atom stereocenters. The fourth-order valence-corrected chi connectivity index (χ4v) is 3.43. The van der Waals surface area contributed by atoms with Crippen LogP contribution in [0, 0.1) is 12.8 Å². The van der Waals surface area contributed by atoms with E-state index in [0.717, 1.165) is 49.9 Å². The number of aromatic nitrogens is 1. The van der Waals surface area contributed by atoms with E-state index in [0.29, 0.717) is 5.69 Å². The van der Waals surface area contributed by atoms with Crippen molar-refractivity contribution in [2.24, 2.45) is 5.92 Å². The van der Waals surface area contributed by atoms with Crippen LogP contribution in [-0.4, -0.2) is 35.8 Å². The van der Waals surface area contributed by atoms with Crippen molar-refractivity contribution in [1.29, 1.82) is 0 Å². The second-order valence-corrected chi connectivity index (χ2v) is 6.95. The molecule has 1 saturated heterocycles. The lowest BCUT2D eigenvalue weighted by Gasteiger charge is -2.28. The number of pyridine rings is 1. The van der Waals surface area contributed by atoms with Crippen molar-refractivity contribution in [3.8, 4) is 0 Å². The van der Waals surface area contributed by atoms with E-state index in [2.05, 4.69) is 47.3 Å². The van der Waals surface area contributed by atoms with E-state index < -0.39 is 0 Å². The summed E-state index contributed by atoms with van der Waals surface area (Å²) in [5.41, 5.74) is 4.23. The highest BCUT2D eigenvalue weighted by molar-refractivity contribution is 5.97. The minimum absolute atomic E-state index is 0.131. The molecule has 1 aromatic carbocycles. The Kier molecular flexibility index (Phi) is 5.41. The molecule has 3 rings (SSSR count). The van der Waals surface area contributed by atoms with E-state index in [1.54, 1.807) is 0 Å². The molecule has 1 aliphatic rings. The van der Waals surface area contributed by atoms with Gasteiger partial charge in [0.15, 0.2) is 5.78 Å². The molecule has 0 aliphatic carbocycles. The van der Waals surface area contributed by atoms with Crippen LogP contribution in [0.2, 0.25) is 0 Å². The summed E-state index contributed by atoms with van der Waals surface area (Å²) in [7, 11) is 2.12. The number of nitrogens with zero attached hydrogens (tertiary/aromatic N) is 2. The minimum Gasteiger partial charge on any atom is -0.306 e. The van der Waals surface area contributed by atoms with Crippen molar-refractivity contribution in [3.63, 3.8) is 0 Å². The van der Waals surface area contributed by atoms with Gasteiger partial charge in [0.05, 0.1) is 0 Å². The van der Waals surface area contributed by atoms with E-state index in [1.165, 1.54) is 5.56 Å². The summed E-state index contributed by atoms with van der Waals surface area (Å²) in [6, 6.07) is 12.6. The predicted octanol–water partition coefficient (Wildman–Crippen LogP) is 3.70. The summed E-state index contributed by atoms with van der Waals surface area (Å²) in [6.45, 7) is 4.05. The van der Waals surface area contributed by atoms with Crippen molar-refractivity contribution in [3.05, 3.63) is 65.0 Å². The number of carbonyl (C=O) groups excluding carboxylic acids is 1. The van der Waals surface area contributed by atoms with Gasteiger partial charge in [0.1, 0.15) is 5.69 Å². The third-order valence-electron chi connectivity index (χ3n) is 4.95. The van der Waals surface area contributed by atoms with Crippen LogP contribution in [0.5, 0.6) is 0 Å². The Balaban J connectivity index is 1.76. The second kappa shape index (κ2) is 7.71. The van der Waals surface area contributed by atoms with Gasteiger partial charge >= 0.3 is 0 Å². The zero-order chi connectivity index (χ0) is 16.9. The number of likely N-dealkylation sites (tertiary alicyclic amines) is 1. The maximum atomic E-state index is 13.0. The van der Waals surface area contributed by atoms with E-state index in [4.69, 9.17) is 0 Å². The van der Waals surface area contributed by atoms with Gasteiger partial charge in [-0.3, -0.25) is 9.78 Å². The largest absolute Gasteiger partial charge is 0.306 e. The molecule has 3 heteroatoms. The highest BCUT2D eigenvalue weighted by atomic mass is 16.1. The number of ketones is 1. The van der Waals surface area contributed by atoms with Gasteiger partial charge in [-0.25, -0.2) is 0 Å². The fourth-order valence-electron chi connectivity index (χ4n) is 3.43. The normalized spacial score (nSPS) is 16.2. The Labute approximate surface area is 144 Å². The Morgan fingerprint density at radius 2 is 1.88 bits per heavy atom. The van der Waals surface area contributed by atoms with E-state index in [1.807, 2.05) is 19.2 Å². The van der Waals surface area contributed by atoms with Gasteiger partial charge in [0.25, 0.3) is 0 Å². The first-order valence-electron chi connectivity index (χ1n) is 8.85. The molecule has 1 fully saturated rings. The second-order valence-electron chi connectivity index (χ2n) is 6.95. The highest BCUT2D eigenvalue weighted by Gasteiger charge is 2.26. The lowest BCUT2D eigenvalue weighted by atomic mass is 9.88. The number of Topliss-reactive ketones (excluding diaryl/α,β-unsaturated/α-hetero) is 1. The molecule has 0 bridgehead atoms. The van der Waals surface area contributed by atoms with Gasteiger partial charge in [0.2, 0.25) is 0 Å². The third kappa shape index (κ3) is 4.09. The van der Waals surface area contributed by atoms with Gasteiger partial charge in [-0.1, -0.05) is 36.4 Å². The van der Waals surface area contributed by atoms with Crippen molar-refractivity contribution >= 4 is 5.78 Å². The number of piperidine rings is 1. The number of hydrogen-bond acceptors (Lipinski definition) is 3. The summed E-state index contributed by atoms with van der Waals surface area (Å²) >= 11 is 0. The summed E-state index contributed by atoms with van der Waals surface area (Å²) in [5, 5.41) is 0. The van der Waals surface area contributed by atoms with Crippen molar-refractivity contribution < 1.29 is 4.79 Å². The molecular weight excluding hydrogens is 296 g/mol. The zero-order valence-electron chi connectivity index (χ0n) is 14.7. The van der Waals surface area contributed by atoms with E-state index >= 15 is 0 Å². The maximum Gasteiger partial charge on any atom is 0.184 e. The summed E-state index contributed by atoms with van der Waals surface area (Å²) in [5.74, 6) is 0.373. The smallest absolute Gasteiger partial charge is 0.184 e. The molecule has 24 heavy (non-hydrogen) atoms. The van der Waals surface area contributed by atoms with E-state index in [-0.39, 0.29) is 11.7 Å². The maximum absolute atomic E-state index is 13.0. The predicted molar refractivity (Wildman–Crippen MR) is 97.4 cm³/mol. The lowest BCUT2D eigenvalue weighted by molar-refractivity contribution is 0.0850. The molecule has 0 atom stereocenters. The standard InChI is InChI=1S/C21H26N2O/c1-16-14-19(9-8-17-6-4-3-5-7-17)20(22-15-16)21(24)18-10-12-23(2)13-11-18/h3-7,14-15,18H,8-13H2,1-2H3. The van der Waals surface area contributed by atoms with Crippen LogP contribution in [-0.2, 0) is 12.8 Å². The molecule has 1 aromatic heterocycles. The summed E-state index contributed by atoms with van der Waals surface area (Å²) in [6.07, 6.45) is 5.53. The number of carbonyl (C=O) groups is 1. The van der Waals surface area contributed by atoms with Crippen molar-refractivity contribution in [2.75, 3.05) is 20.1 Å². The summed E-state index contributed by atoms with van der Waals surface area (Å²) in [4.78, 5) is 19.8. The molecule has 0 saturated carbocycles. The molecule has 2 heterocycles. The van der Waals surface area contributed by atoms with Crippen LogP contribution in [0.3, 0.4) is 0 Å². The molecule has 3 nitrogen and oxygen atoms in total. The van der Waals surface area contributed by atoms with Gasteiger partial charge in [-0.15, -0.1) is 0 Å². The van der Waals surface area contributed by atoms with Crippen molar-refractivity contribution in [2.45, 2.75) is 32.6 Å². The Morgan fingerprint density at radius 3 is 2.58 bits per heavy atom. The van der Waals surface area contributed by atoms with Crippen LogP contribution in [0.1, 0.15) is 40.0 Å². The zero-order valence-corrected chi connectivity index (χ0v) is 14.7. The van der Waals surface area contributed by atoms with Crippen molar-refractivity contribution in [1.82, 2.24) is 9.88 Å². The molecule has 2 aromatic rings. The van der Waals surface area contributed by atoms with Crippen LogP contribution < -0.4 is 0 Å². The van der Waals surface area contributed by atoms with Gasteiger partial charge in [-0.2, -0.15) is 0 Å². The molecule has 0 N–H and O–H groups in total. The Hall–Kier alpha value is -2.00. The topological polar surface area (TPSA) is 33.2 Å². The van der Waals surface area contributed by atoms with Gasteiger partial charge < -0.3 is 4.90 Å². The molecule has 1 aliphatic heterocycles. The first kappa shape index (κ1) is 16.8. The molecule has 0 amide bonds. The first-order valence-corrected chi connectivity index (χ1v) is 8.85. The number of hydrogen-bond donors (Lipinski definition) is 0. The third-order valence-corrected chi connectivity index (χ3v) is 4.95. The average molecular weight is 322 g/mol. The minimum atomic E-state index is 0.131. The first-order chi connectivity index (χ1) is 11.6. The fraction of sp³-hybridized carbons (Fsp3) is 0.429. The SMILES string of the molecule is Cc1cnc(C(=O)C2CCN(C)CC2)c(CCc2ccccc2)c1. The number of benzene rings is 1. The lowest BCUT2D eigenvalue weighted by Crippen LogP contribution is -2.34. The Bertz CT molecular complexity index is 688. The van der Waals surface area contributed by atoms with Gasteiger partial charge in [0, 0.05) is 12.1 Å². The van der Waals surface area contributed by atoms with E-state index in [9.17, 15) is 4.79 Å². The van der Waals surface area contributed by atoms with Crippen LogP contribution in [0.15, 0.2) is 42.6 Å². The highest BCUT2D eigenvalue weighted by Crippen LogP contribution is 2.23. The van der Waals surface area contributed by atoms with Gasteiger partial charge in [-0.05, 0) is 69.4 Å². The molecule has 126 valence electrons. The van der Waals surface area contributed by atoms with Crippen LogP contribution in [0.4, 0.5) is 0 Å². The molecular formula is C21H26N2O. The Morgan fingerprint density at radius 1 is 1.17 bits per heavy atom. The molecule has 0 spiro atoms. The summed E-state index contributed by atoms with van der Waals surface area (Å²) < 4.78 is 0. The van der Waals surface area contributed by atoms with Crippen LogP contribution in [0.25, 0.3) is 0 Å².